The lowest BCUT2D eigenvalue weighted by Gasteiger charge is -2.34. The van der Waals surface area contributed by atoms with E-state index in [4.69, 9.17) is 4.99 Å². The molecular formula is C16H34IN5O. The Labute approximate surface area is 158 Å². The molecule has 0 aromatic heterocycles. The van der Waals surface area contributed by atoms with Crippen LogP contribution in [0.15, 0.2) is 4.99 Å². The van der Waals surface area contributed by atoms with Crippen LogP contribution in [0.1, 0.15) is 33.1 Å². The summed E-state index contributed by atoms with van der Waals surface area (Å²) >= 11 is 0. The third kappa shape index (κ3) is 8.74. The van der Waals surface area contributed by atoms with Crippen LogP contribution in [0.25, 0.3) is 0 Å². The lowest BCUT2D eigenvalue weighted by Crippen LogP contribution is -2.46. The second-order valence-corrected chi connectivity index (χ2v) is 5.94. The van der Waals surface area contributed by atoms with Crippen molar-refractivity contribution < 1.29 is 4.79 Å². The highest BCUT2D eigenvalue weighted by Crippen LogP contribution is 2.20. The first kappa shape index (κ1) is 22.4. The first-order valence-corrected chi connectivity index (χ1v) is 8.53. The fourth-order valence-electron chi connectivity index (χ4n) is 2.62. The Kier molecular flexibility index (Phi) is 12.5. The quantitative estimate of drug-likeness (QED) is 0.358. The fourth-order valence-corrected chi connectivity index (χ4v) is 2.62. The van der Waals surface area contributed by atoms with Crippen LogP contribution in [-0.2, 0) is 4.79 Å². The van der Waals surface area contributed by atoms with Crippen LogP contribution in [0.2, 0.25) is 0 Å². The molecule has 1 aliphatic heterocycles. The Balaban J connectivity index is 0.00000484. The van der Waals surface area contributed by atoms with E-state index in [-0.39, 0.29) is 29.9 Å². The first-order chi connectivity index (χ1) is 10.6. The number of amides is 1. The summed E-state index contributed by atoms with van der Waals surface area (Å²) in [5, 5.41) is 6.11. The molecule has 1 aliphatic rings. The number of hydrogen-bond acceptors (Lipinski definition) is 3. The zero-order valence-corrected chi connectivity index (χ0v) is 17.4. The number of rotatable bonds is 7. The molecule has 0 aromatic rings. The van der Waals surface area contributed by atoms with Gasteiger partial charge in [0.2, 0.25) is 5.91 Å². The zero-order valence-electron chi connectivity index (χ0n) is 15.1. The molecule has 0 saturated carbocycles. The molecule has 0 unspecified atom stereocenters. The van der Waals surface area contributed by atoms with Crippen LogP contribution in [0.5, 0.6) is 0 Å². The highest BCUT2D eigenvalue weighted by atomic mass is 127. The van der Waals surface area contributed by atoms with Crippen molar-refractivity contribution in [2.75, 3.05) is 53.4 Å². The van der Waals surface area contributed by atoms with Crippen molar-refractivity contribution in [3.8, 4) is 0 Å². The molecule has 6 nitrogen and oxygen atoms in total. The molecule has 0 atom stereocenters. The molecule has 7 heteroatoms. The normalized spacial score (nSPS) is 16.2. The van der Waals surface area contributed by atoms with Crippen molar-refractivity contribution in [2.24, 2.45) is 10.9 Å². The van der Waals surface area contributed by atoms with Crippen molar-refractivity contribution in [1.29, 1.82) is 0 Å². The molecule has 1 saturated heterocycles. The predicted molar refractivity (Wildman–Crippen MR) is 108 cm³/mol. The lowest BCUT2D eigenvalue weighted by atomic mass is 9.93. The SMILES string of the molecule is CCNC(=NCCN(C)CC)N1CCC(CC(=O)NC)CC1.I. The summed E-state index contributed by atoms with van der Waals surface area (Å²) in [5.74, 6) is 1.68. The Morgan fingerprint density at radius 2 is 1.96 bits per heavy atom. The number of likely N-dealkylation sites (N-methyl/N-ethyl adjacent to an activating group) is 1. The van der Waals surface area contributed by atoms with Gasteiger partial charge in [0.05, 0.1) is 6.54 Å². The molecule has 1 heterocycles. The van der Waals surface area contributed by atoms with E-state index in [0.717, 1.165) is 58.1 Å². The third-order valence-corrected chi connectivity index (χ3v) is 4.28. The van der Waals surface area contributed by atoms with Crippen LogP contribution in [0, 0.1) is 5.92 Å². The number of hydrogen-bond donors (Lipinski definition) is 2. The fraction of sp³-hybridized carbons (Fsp3) is 0.875. The first-order valence-electron chi connectivity index (χ1n) is 8.53. The van der Waals surface area contributed by atoms with Gasteiger partial charge in [-0.25, -0.2) is 0 Å². The highest BCUT2D eigenvalue weighted by molar-refractivity contribution is 14.0. The van der Waals surface area contributed by atoms with Gasteiger partial charge < -0.3 is 20.4 Å². The van der Waals surface area contributed by atoms with Crippen molar-refractivity contribution in [3.63, 3.8) is 0 Å². The van der Waals surface area contributed by atoms with E-state index < -0.39 is 0 Å². The second kappa shape index (κ2) is 12.8. The molecule has 0 bridgehead atoms. The second-order valence-electron chi connectivity index (χ2n) is 5.94. The minimum Gasteiger partial charge on any atom is -0.359 e. The van der Waals surface area contributed by atoms with Gasteiger partial charge in [0.1, 0.15) is 0 Å². The van der Waals surface area contributed by atoms with Crippen LogP contribution in [0.3, 0.4) is 0 Å². The Hall–Kier alpha value is -0.570. The average molecular weight is 439 g/mol. The lowest BCUT2D eigenvalue weighted by molar-refractivity contribution is -0.121. The van der Waals surface area contributed by atoms with Crippen molar-refractivity contribution >= 4 is 35.8 Å². The smallest absolute Gasteiger partial charge is 0.220 e. The summed E-state index contributed by atoms with van der Waals surface area (Å²) in [6, 6.07) is 0. The number of carbonyl (C=O) groups excluding carboxylic acids is 1. The van der Waals surface area contributed by atoms with Gasteiger partial charge in [0.15, 0.2) is 5.96 Å². The van der Waals surface area contributed by atoms with Gasteiger partial charge in [-0.2, -0.15) is 0 Å². The number of nitrogens with zero attached hydrogens (tertiary/aromatic N) is 3. The third-order valence-electron chi connectivity index (χ3n) is 4.28. The average Bonchev–Trinajstić information content (AvgIpc) is 2.54. The molecule has 2 N–H and O–H groups in total. The number of carbonyl (C=O) groups is 1. The Morgan fingerprint density at radius 1 is 1.30 bits per heavy atom. The summed E-state index contributed by atoms with van der Waals surface area (Å²) in [4.78, 5) is 20.8. The van der Waals surface area contributed by atoms with Gasteiger partial charge in [0, 0.05) is 39.6 Å². The van der Waals surface area contributed by atoms with E-state index in [1.807, 2.05) is 0 Å². The Morgan fingerprint density at radius 3 is 2.48 bits per heavy atom. The predicted octanol–water partition coefficient (Wildman–Crippen LogP) is 1.37. The minimum atomic E-state index is 0. The van der Waals surface area contributed by atoms with E-state index >= 15 is 0 Å². The number of guanidine groups is 1. The van der Waals surface area contributed by atoms with Gasteiger partial charge in [0.25, 0.3) is 0 Å². The maximum Gasteiger partial charge on any atom is 0.220 e. The van der Waals surface area contributed by atoms with Crippen molar-refractivity contribution in [2.45, 2.75) is 33.1 Å². The monoisotopic (exact) mass is 439 g/mol. The summed E-state index contributed by atoms with van der Waals surface area (Å²) in [7, 11) is 3.83. The molecule has 0 aromatic carbocycles. The zero-order chi connectivity index (χ0) is 16.4. The molecule has 0 aliphatic carbocycles. The topological polar surface area (TPSA) is 60.0 Å². The van der Waals surface area contributed by atoms with Gasteiger partial charge in [-0.1, -0.05) is 6.92 Å². The molecule has 0 radical (unpaired) electrons. The van der Waals surface area contributed by atoms with E-state index in [2.05, 4.69) is 41.3 Å². The summed E-state index contributed by atoms with van der Waals surface area (Å²) < 4.78 is 0. The number of nitrogens with one attached hydrogen (secondary N) is 2. The van der Waals surface area contributed by atoms with Crippen LogP contribution in [0.4, 0.5) is 0 Å². The van der Waals surface area contributed by atoms with E-state index in [1.165, 1.54) is 0 Å². The molecule has 136 valence electrons. The summed E-state index contributed by atoms with van der Waals surface area (Å²) in [5.41, 5.74) is 0. The number of aliphatic imine (C=N–C) groups is 1. The summed E-state index contributed by atoms with van der Waals surface area (Å²) in [6.45, 7) is 9.98. The highest BCUT2D eigenvalue weighted by Gasteiger charge is 2.22. The van der Waals surface area contributed by atoms with E-state index in [1.54, 1.807) is 7.05 Å². The minimum absolute atomic E-state index is 0. The molecule has 0 spiro atoms. The van der Waals surface area contributed by atoms with Gasteiger partial charge in [-0.15, -0.1) is 24.0 Å². The maximum absolute atomic E-state index is 11.5. The van der Waals surface area contributed by atoms with E-state index in [0.29, 0.717) is 12.3 Å². The number of piperidine rings is 1. The van der Waals surface area contributed by atoms with Crippen LogP contribution < -0.4 is 10.6 Å². The molecule has 23 heavy (non-hydrogen) atoms. The van der Waals surface area contributed by atoms with Gasteiger partial charge in [-0.05, 0) is 39.3 Å². The van der Waals surface area contributed by atoms with Gasteiger partial charge in [-0.3, -0.25) is 9.79 Å². The van der Waals surface area contributed by atoms with Crippen molar-refractivity contribution in [3.05, 3.63) is 0 Å². The molecule has 1 rings (SSSR count). The molecule has 1 amide bonds. The summed E-state index contributed by atoms with van der Waals surface area (Å²) in [6.07, 6.45) is 2.78. The van der Waals surface area contributed by atoms with Crippen molar-refractivity contribution in [1.82, 2.24) is 20.4 Å². The van der Waals surface area contributed by atoms with Crippen LogP contribution >= 0.6 is 24.0 Å². The maximum atomic E-state index is 11.5. The van der Waals surface area contributed by atoms with E-state index in [9.17, 15) is 4.79 Å². The number of likely N-dealkylation sites (tertiary alicyclic amines) is 1. The Bertz CT molecular complexity index is 356. The number of halogens is 1. The standard InChI is InChI=1S/C16H33N5O.HI/c1-5-18-16(19-9-12-20(4)6-2)21-10-7-14(8-11-21)13-15(22)17-3;/h14H,5-13H2,1-4H3,(H,17,22)(H,18,19);1H. The molecular weight excluding hydrogens is 405 g/mol. The van der Waals surface area contributed by atoms with Crippen LogP contribution in [-0.4, -0.2) is 75.0 Å². The van der Waals surface area contributed by atoms with Gasteiger partial charge >= 0.3 is 0 Å². The molecule has 1 fully saturated rings. The largest absolute Gasteiger partial charge is 0.359 e.